The molecule has 3 N–H and O–H groups in total. The number of amides is 5. The fraction of sp³-hybridized carbons (Fsp3) is 0.400. The number of imidazole rings is 1. The molecule has 4 aliphatic heterocycles. The molecule has 8 rings (SSSR count). The number of likely N-dealkylation sites (tertiary alicyclic amines) is 1. The van der Waals surface area contributed by atoms with Crippen LogP contribution in [-0.4, -0.2) is 81.0 Å². The molecule has 0 saturated carbocycles. The van der Waals surface area contributed by atoms with Crippen molar-refractivity contribution in [3.05, 3.63) is 88.7 Å². The molecule has 4 aromatic rings. The molecule has 5 heterocycles. The van der Waals surface area contributed by atoms with Gasteiger partial charge >= 0.3 is 0 Å². The molecule has 52 heavy (non-hydrogen) atoms. The second kappa shape index (κ2) is 14.0. The molecule has 12 heteroatoms. The molecule has 3 saturated heterocycles. The van der Waals surface area contributed by atoms with Gasteiger partial charge in [0.25, 0.3) is 17.7 Å². The SMILES string of the molecule is C[C@H]1CCCN1Cc1nc2ccc(NC(=O)c3ccc(CCC4CCN(c5cccc6c5C(=O)N(C5CCC(=O)NC5=O)C6=O)CC4)cc3)cc2[nH]1. The van der Waals surface area contributed by atoms with Gasteiger partial charge in [-0.1, -0.05) is 18.2 Å². The molecule has 0 bridgehead atoms. The lowest BCUT2D eigenvalue weighted by atomic mass is 9.90. The van der Waals surface area contributed by atoms with E-state index < -0.39 is 29.7 Å². The number of aromatic nitrogens is 2. The van der Waals surface area contributed by atoms with Gasteiger partial charge < -0.3 is 15.2 Å². The Labute approximate surface area is 301 Å². The summed E-state index contributed by atoms with van der Waals surface area (Å²) in [6.07, 6.45) is 6.48. The minimum atomic E-state index is -0.980. The number of anilines is 2. The highest BCUT2D eigenvalue weighted by Gasteiger charge is 2.46. The van der Waals surface area contributed by atoms with Crippen molar-refractivity contribution in [1.82, 2.24) is 25.1 Å². The van der Waals surface area contributed by atoms with Crippen molar-refractivity contribution in [3.8, 4) is 0 Å². The van der Waals surface area contributed by atoms with E-state index in [-0.39, 0.29) is 18.7 Å². The molecule has 5 amide bonds. The summed E-state index contributed by atoms with van der Waals surface area (Å²) in [5.41, 5.74) is 5.68. The standard InChI is InChI=1S/C40H43N7O5/c1-24-4-3-19-46(24)23-34-42-30-14-13-28(22-31(30)43-34)41-37(49)27-11-9-25(10-12-27)7-8-26-17-20-45(21-18-26)32-6-2-5-29-36(32)40(52)47(39(29)51)33-15-16-35(48)44-38(33)50/h2,5-6,9-14,22,24,26,33H,3-4,7-8,15-21,23H2,1H3,(H,41,49)(H,42,43)(H,44,48,50)/t24-,33?/m0/s1. The molecule has 0 spiro atoms. The van der Waals surface area contributed by atoms with Gasteiger partial charge in [-0.15, -0.1) is 0 Å². The first-order valence-corrected chi connectivity index (χ1v) is 18.4. The summed E-state index contributed by atoms with van der Waals surface area (Å²) in [5, 5.41) is 5.28. The number of hydrogen-bond donors (Lipinski definition) is 3. The van der Waals surface area contributed by atoms with Crippen LogP contribution < -0.4 is 15.5 Å². The van der Waals surface area contributed by atoms with Gasteiger partial charge in [-0.2, -0.15) is 0 Å². The first kappa shape index (κ1) is 33.8. The van der Waals surface area contributed by atoms with Crippen LogP contribution in [0.4, 0.5) is 11.4 Å². The number of imide groups is 2. The lowest BCUT2D eigenvalue weighted by molar-refractivity contribution is -0.136. The van der Waals surface area contributed by atoms with Crippen LogP contribution in [0.2, 0.25) is 0 Å². The number of fused-ring (bicyclic) bond motifs is 2. The Kier molecular flexibility index (Phi) is 9.08. The Morgan fingerprint density at radius 3 is 2.48 bits per heavy atom. The zero-order chi connectivity index (χ0) is 35.9. The largest absolute Gasteiger partial charge is 0.371 e. The van der Waals surface area contributed by atoms with Crippen molar-refractivity contribution in [2.45, 2.75) is 76.9 Å². The van der Waals surface area contributed by atoms with E-state index in [4.69, 9.17) is 4.98 Å². The Morgan fingerprint density at radius 2 is 1.73 bits per heavy atom. The highest BCUT2D eigenvalue weighted by molar-refractivity contribution is 6.25. The van der Waals surface area contributed by atoms with E-state index in [1.54, 1.807) is 12.1 Å². The zero-order valence-electron chi connectivity index (χ0n) is 29.3. The van der Waals surface area contributed by atoms with E-state index in [2.05, 4.69) is 32.3 Å². The van der Waals surface area contributed by atoms with Gasteiger partial charge in [-0.3, -0.25) is 39.1 Å². The molecular weight excluding hydrogens is 658 g/mol. The highest BCUT2D eigenvalue weighted by Crippen LogP contribution is 2.36. The van der Waals surface area contributed by atoms with Crippen molar-refractivity contribution in [1.29, 1.82) is 0 Å². The van der Waals surface area contributed by atoms with Gasteiger partial charge in [0.2, 0.25) is 11.8 Å². The molecule has 2 atom stereocenters. The van der Waals surface area contributed by atoms with Crippen LogP contribution in [0.15, 0.2) is 60.7 Å². The summed E-state index contributed by atoms with van der Waals surface area (Å²) in [5.74, 6) is -0.659. The summed E-state index contributed by atoms with van der Waals surface area (Å²) < 4.78 is 0. The number of nitrogens with zero attached hydrogens (tertiary/aromatic N) is 4. The number of nitrogens with one attached hydrogen (secondary N) is 3. The molecule has 268 valence electrons. The summed E-state index contributed by atoms with van der Waals surface area (Å²) in [6.45, 7) is 5.67. The monoisotopic (exact) mass is 701 g/mol. The van der Waals surface area contributed by atoms with Crippen LogP contribution in [0.25, 0.3) is 11.0 Å². The third-order valence-electron chi connectivity index (χ3n) is 11.3. The minimum absolute atomic E-state index is 0.0905. The number of piperidine rings is 2. The number of aromatic amines is 1. The van der Waals surface area contributed by atoms with Gasteiger partial charge in [0, 0.05) is 36.8 Å². The topological polar surface area (TPSA) is 148 Å². The maximum atomic E-state index is 13.6. The summed E-state index contributed by atoms with van der Waals surface area (Å²) in [6, 6.07) is 18.5. The van der Waals surface area contributed by atoms with E-state index in [1.165, 1.54) is 18.4 Å². The van der Waals surface area contributed by atoms with Crippen LogP contribution in [0.1, 0.15) is 94.3 Å². The maximum Gasteiger partial charge on any atom is 0.264 e. The second-order valence-electron chi connectivity index (χ2n) is 14.6. The molecule has 1 unspecified atom stereocenters. The van der Waals surface area contributed by atoms with E-state index >= 15 is 0 Å². The van der Waals surface area contributed by atoms with Crippen LogP contribution in [-0.2, 0) is 22.6 Å². The first-order chi connectivity index (χ1) is 25.2. The summed E-state index contributed by atoms with van der Waals surface area (Å²) in [4.78, 5) is 77.9. The van der Waals surface area contributed by atoms with Gasteiger partial charge in [0.15, 0.2) is 0 Å². The fourth-order valence-corrected chi connectivity index (χ4v) is 8.26. The Bertz CT molecular complexity index is 2070. The van der Waals surface area contributed by atoms with Crippen molar-refractivity contribution >= 4 is 51.9 Å². The molecule has 4 aliphatic rings. The molecule has 12 nitrogen and oxygen atoms in total. The van der Waals surface area contributed by atoms with Crippen molar-refractivity contribution in [3.63, 3.8) is 0 Å². The lowest BCUT2D eigenvalue weighted by Crippen LogP contribution is -2.54. The Hall–Kier alpha value is -5.36. The van der Waals surface area contributed by atoms with E-state index in [0.717, 1.165) is 85.0 Å². The number of carbonyl (C=O) groups is 5. The number of H-pyrrole nitrogens is 1. The molecule has 1 aromatic heterocycles. The van der Waals surface area contributed by atoms with Crippen LogP contribution in [0.3, 0.4) is 0 Å². The molecule has 0 aliphatic carbocycles. The van der Waals surface area contributed by atoms with Gasteiger partial charge in [0.05, 0.1) is 34.4 Å². The predicted octanol–water partition coefficient (Wildman–Crippen LogP) is 5.05. The van der Waals surface area contributed by atoms with E-state index in [1.807, 2.05) is 48.5 Å². The third kappa shape index (κ3) is 6.58. The Morgan fingerprint density at radius 1 is 0.923 bits per heavy atom. The van der Waals surface area contributed by atoms with Crippen molar-refractivity contribution in [2.24, 2.45) is 5.92 Å². The van der Waals surface area contributed by atoms with Crippen molar-refractivity contribution < 1.29 is 24.0 Å². The zero-order valence-corrected chi connectivity index (χ0v) is 29.3. The molecule has 3 fully saturated rings. The maximum absolute atomic E-state index is 13.6. The molecule has 3 aromatic carbocycles. The van der Waals surface area contributed by atoms with Crippen molar-refractivity contribution in [2.75, 3.05) is 29.9 Å². The summed E-state index contributed by atoms with van der Waals surface area (Å²) >= 11 is 0. The number of carbonyl (C=O) groups excluding carboxylic acids is 5. The average Bonchev–Trinajstić information content (AvgIpc) is 3.82. The van der Waals surface area contributed by atoms with Crippen LogP contribution >= 0.6 is 0 Å². The van der Waals surface area contributed by atoms with E-state index in [9.17, 15) is 24.0 Å². The summed E-state index contributed by atoms with van der Waals surface area (Å²) in [7, 11) is 0. The van der Waals surface area contributed by atoms with Crippen LogP contribution in [0, 0.1) is 5.92 Å². The fourth-order valence-electron chi connectivity index (χ4n) is 8.26. The number of benzene rings is 3. The first-order valence-electron chi connectivity index (χ1n) is 18.4. The molecule has 0 radical (unpaired) electrons. The van der Waals surface area contributed by atoms with Crippen LogP contribution in [0.5, 0.6) is 0 Å². The molecular formula is C40H43N7O5. The highest BCUT2D eigenvalue weighted by atomic mass is 16.2. The number of hydrogen-bond acceptors (Lipinski definition) is 8. The predicted molar refractivity (Wildman–Crippen MR) is 196 cm³/mol. The smallest absolute Gasteiger partial charge is 0.264 e. The van der Waals surface area contributed by atoms with E-state index in [0.29, 0.717) is 28.7 Å². The quantitative estimate of drug-likeness (QED) is 0.206. The lowest BCUT2D eigenvalue weighted by Gasteiger charge is -2.34. The number of aryl methyl sites for hydroxylation is 1. The minimum Gasteiger partial charge on any atom is -0.371 e. The van der Waals surface area contributed by atoms with Gasteiger partial charge in [-0.25, -0.2) is 4.98 Å². The number of rotatable bonds is 9. The van der Waals surface area contributed by atoms with Gasteiger partial charge in [0.1, 0.15) is 11.9 Å². The third-order valence-corrected chi connectivity index (χ3v) is 11.3. The second-order valence-corrected chi connectivity index (χ2v) is 14.6. The normalized spacial score (nSPS) is 21.2. The Balaban J connectivity index is 0.832. The average molecular weight is 702 g/mol. The van der Waals surface area contributed by atoms with Gasteiger partial charge in [-0.05, 0) is 112 Å².